The smallest absolute Gasteiger partial charge is 0.255 e. The lowest BCUT2D eigenvalue weighted by atomic mass is 10.2. The van der Waals surface area contributed by atoms with Gasteiger partial charge in [-0.25, -0.2) is 4.39 Å². The first kappa shape index (κ1) is 14.1. The van der Waals surface area contributed by atoms with Crippen LogP contribution >= 0.6 is 34.8 Å². The fourth-order valence-electron chi connectivity index (χ4n) is 1.41. The Bertz CT molecular complexity index is 629. The van der Waals surface area contributed by atoms with Gasteiger partial charge in [0.2, 0.25) is 0 Å². The molecule has 0 aliphatic heterocycles. The molecule has 0 aromatic heterocycles. The highest BCUT2D eigenvalue weighted by atomic mass is 35.5. The summed E-state index contributed by atoms with van der Waals surface area (Å²) in [6, 6.07) is 8.03. The lowest BCUT2D eigenvalue weighted by molar-refractivity contribution is 0.102. The number of amides is 1. The largest absolute Gasteiger partial charge is 0.321 e. The molecular formula is C13H7Cl3FNO. The van der Waals surface area contributed by atoms with Crippen molar-refractivity contribution in [3.8, 4) is 0 Å². The molecule has 0 unspecified atom stereocenters. The van der Waals surface area contributed by atoms with E-state index in [9.17, 15) is 9.18 Å². The normalized spacial score (nSPS) is 10.3. The van der Waals surface area contributed by atoms with Crippen molar-refractivity contribution in [2.75, 3.05) is 5.32 Å². The van der Waals surface area contributed by atoms with Crippen LogP contribution in [0, 0.1) is 5.82 Å². The van der Waals surface area contributed by atoms with Crippen LogP contribution in [0.4, 0.5) is 10.1 Å². The molecule has 19 heavy (non-hydrogen) atoms. The fraction of sp³-hybridized carbons (Fsp3) is 0. The van der Waals surface area contributed by atoms with Gasteiger partial charge in [0, 0.05) is 5.56 Å². The minimum atomic E-state index is -0.416. The third-order valence-corrected chi connectivity index (χ3v) is 3.40. The second-order valence-electron chi connectivity index (χ2n) is 3.71. The average Bonchev–Trinajstić information content (AvgIpc) is 2.36. The predicted octanol–water partition coefficient (Wildman–Crippen LogP) is 5.04. The zero-order valence-corrected chi connectivity index (χ0v) is 11.7. The van der Waals surface area contributed by atoms with E-state index in [1.807, 2.05) is 0 Å². The first-order valence-electron chi connectivity index (χ1n) is 5.19. The molecule has 2 aromatic rings. The zero-order chi connectivity index (χ0) is 14.0. The molecule has 0 aliphatic carbocycles. The molecule has 0 fully saturated rings. The van der Waals surface area contributed by atoms with Gasteiger partial charge in [0.1, 0.15) is 5.82 Å². The van der Waals surface area contributed by atoms with Crippen molar-refractivity contribution in [1.82, 2.24) is 0 Å². The topological polar surface area (TPSA) is 29.1 Å². The van der Waals surface area contributed by atoms with Crippen molar-refractivity contribution >= 4 is 46.4 Å². The maximum absolute atomic E-state index is 12.8. The molecule has 6 heteroatoms. The first-order chi connectivity index (χ1) is 8.97. The molecule has 0 radical (unpaired) electrons. The summed E-state index contributed by atoms with van der Waals surface area (Å²) < 4.78 is 12.8. The van der Waals surface area contributed by atoms with E-state index >= 15 is 0 Å². The van der Waals surface area contributed by atoms with Crippen molar-refractivity contribution in [1.29, 1.82) is 0 Å². The Labute approximate surface area is 124 Å². The summed E-state index contributed by atoms with van der Waals surface area (Å²) in [4.78, 5) is 11.9. The summed E-state index contributed by atoms with van der Waals surface area (Å²) in [6.45, 7) is 0. The molecule has 0 saturated carbocycles. The Hall–Kier alpha value is -1.29. The van der Waals surface area contributed by atoms with E-state index in [1.165, 1.54) is 36.4 Å². The Morgan fingerprint density at radius 3 is 2.16 bits per heavy atom. The summed E-state index contributed by atoms with van der Waals surface area (Å²) in [5.74, 6) is -0.829. The molecule has 0 bridgehead atoms. The Morgan fingerprint density at radius 1 is 0.947 bits per heavy atom. The maximum Gasteiger partial charge on any atom is 0.255 e. The van der Waals surface area contributed by atoms with Gasteiger partial charge in [-0.1, -0.05) is 34.8 Å². The standard InChI is InChI=1S/C13H7Cl3FNO/c14-9-5-11(16)12(6-10(9)15)18-13(19)7-1-3-8(17)4-2-7/h1-6H,(H,18,19). The summed E-state index contributed by atoms with van der Waals surface area (Å²) in [5.41, 5.74) is 0.647. The van der Waals surface area contributed by atoms with Gasteiger partial charge in [-0.2, -0.15) is 0 Å². The van der Waals surface area contributed by atoms with Crippen LogP contribution in [0.15, 0.2) is 36.4 Å². The van der Waals surface area contributed by atoms with Crippen LogP contribution in [0.3, 0.4) is 0 Å². The van der Waals surface area contributed by atoms with E-state index in [2.05, 4.69) is 5.32 Å². The fourth-order valence-corrected chi connectivity index (χ4v) is 2.01. The molecule has 0 aliphatic rings. The summed E-state index contributed by atoms with van der Waals surface area (Å²) in [5, 5.41) is 3.42. The molecule has 2 aromatic carbocycles. The summed E-state index contributed by atoms with van der Waals surface area (Å²) in [6.07, 6.45) is 0. The number of benzene rings is 2. The first-order valence-corrected chi connectivity index (χ1v) is 6.32. The van der Waals surface area contributed by atoms with Crippen molar-refractivity contribution in [3.63, 3.8) is 0 Å². The second-order valence-corrected chi connectivity index (χ2v) is 4.93. The lowest BCUT2D eigenvalue weighted by Crippen LogP contribution is -2.12. The SMILES string of the molecule is O=C(Nc1cc(Cl)c(Cl)cc1Cl)c1ccc(F)cc1. The average molecular weight is 319 g/mol. The van der Waals surface area contributed by atoms with Crippen LogP contribution in [0.5, 0.6) is 0 Å². The maximum atomic E-state index is 12.8. The molecule has 98 valence electrons. The molecular weight excluding hydrogens is 312 g/mol. The summed E-state index contributed by atoms with van der Waals surface area (Å²) >= 11 is 17.6. The highest BCUT2D eigenvalue weighted by Crippen LogP contribution is 2.32. The van der Waals surface area contributed by atoms with Gasteiger partial charge in [-0.15, -0.1) is 0 Å². The third-order valence-electron chi connectivity index (χ3n) is 2.36. The minimum Gasteiger partial charge on any atom is -0.321 e. The van der Waals surface area contributed by atoms with E-state index in [0.29, 0.717) is 16.3 Å². The number of hydrogen-bond acceptors (Lipinski definition) is 1. The monoisotopic (exact) mass is 317 g/mol. The van der Waals surface area contributed by atoms with E-state index in [4.69, 9.17) is 34.8 Å². The van der Waals surface area contributed by atoms with Crippen molar-refractivity contribution in [3.05, 3.63) is 62.8 Å². The Balaban J connectivity index is 2.24. The van der Waals surface area contributed by atoms with Gasteiger partial charge in [0.25, 0.3) is 5.91 Å². The van der Waals surface area contributed by atoms with Crippen LogP contribution in [0.25, 0.3) is 0 Å². The molecule has 0 atom stereocenters. The minimum absolute atomic E-state index is 0.268. The number of hydrogen-bond donors (Lipinski definition) is 1. The van der Waals surface area contributed by atoms with E-state index in [-0.39, 0.29) is 10.0 Å². The second kappa shape index (κ2) is 5.78. The number of rotatable bonds is 2. The van der Waals surface area contributed by atoms with E-state index < -0.39 is 11.7 Å². The number of carbonyl (C=O) groups is 1. The molecule has 0 spiro atoms. The molecule has 0 heterocycles. The number of carbonyl (C=O) groups excluding carboxylic acids is 1. The van der Waals surface area contributed by atoms with Gasteiger partial charge in [-0.3, -0.25) is 4.79 Å². The van der Waals surface area contributed by atoms with E-state index in [0.717, 1.165) is 0 Å². The zero-order valence-electron chi connectivity index (χ0n) is 9.38. The van der Waals surface area contributed by atoms with Crippen molar-refractivity contribution in [2.45, 2.75) is 0 Å². The van der Waals surface area contributed by atoms with Gasteiger partial charge in [-0.05, 0) is 36.4 Å². The Morgan fingerprint density at radius 2 is 1.53 bits per heavy atom. The van der Waals surface area contributed by atoms with Crippen molar-refractivity contribution < 1.29 is 9.18 Å². The van der Waals surface area contributed by atoms with Crippen LogP contribution in [-0.4, -0.2) is 5.91 Å². The van der Waals surface area contributed by atoms with Gasteiger partial charge in [0.05, 0.1) is 20.8 Å². The quantitative estimate of drug-likeness (QED) is 0.772. The van der Waals surface area contributed by atoms with Crippen LogP contribution in [-0.2, 0) is 0 Å². The van der Waals surface area contributed by atoms with Crippen LogP contribution in [0.2, 0.25) is 15.1 Å². The van der Waals surface area contributed by atoms with Gasteiger partial charge >= 0.3 is 0 Å². The highest BCUT2D eigenvalue weighted by Gasteiger charge is 2.11. The highest BCUT2D eigenvalue weighted by molar-refractivity contribution is 6.44. The number of halogens is 4. The van der Waals surface area contributed by atoms with Gasteiger partial charge < -0.3 is 5.32 Å². The molecule has 1 N–H and O–H groups in total. The lowest BCUT2D eigenvalue weighted by Gasteiger charge is -2.08. The van der Waals surface area contributed by atoms with Crippen LogP contribution in [0.1, 0.15) is 10.4 Å². The third kappa shape index (κ3) is 3.38. The van der Waals surface area contributed by atoms with E-state index in [1.54, 1.807) is 0 Å². The summed E-state index contributed by atoms with van der Waals surface area (Å²) in [7, 11) is 0. The number of anilines is 1. The predicted molar refractivity (Wildman–Crippen MR) is 75.8 cm³/mol. The Kier molecular flexibility index (Phi) is 4.30. The molecule has 2 rings (SSSR count). The van der Waals surface area contributed by atoms with Crippen molar-refractivity contribution in [2.24, 2.45) is 0 Å². The molecule has 1 amide bonds. The van der Waals surface area contributed by atoms with Gasteiger partial charge in [0.15, 0.2) is 0 Å². The molecule has 2 nitrogen and oxygen atoms in total. The molecule has 0 saturated heterocycles. The van der Waals surface area contributed by atoms with Crippen LogP contribution < -0.4 is 5.32 Å². The number of nitrogens with one attached hydrogen (secondary N) is 1.